The summed E-state index contributed by atoms with van der Waals surface area (Å²) in [7, 11) is 0. The van der Waals surface area contributed by atoms with Crippen LogP contribution in [0.4, 0.5) is 5.95 Å². The van der Waals surface area contributed by atoms with Crippen molar-refractivity contribution in [3.05, 3.63) is 22.6 Å². The van der Waals surface area contributed by atoms with Crippen molar-refractivity contribution >= 4 is 29.2 Å². The van der Waals surface area contributed by atoms with Crippen LogP contribution in [-0.4, -0.2) is 20.2 Å². The summed E-state index contributed by atoms with van der Waals surface area (Å²) in [6.07, 6.45) is 1.55. The van der Waals surface area contributed by atoms with E-state index in [1.807, 2.05) is 0 Å². The van der Waals surface area contributed by atoms with Gasteiger partial charge in [-0.05, 0) is 6.07 Å². The van der Waals surface area contributed by atoms with Crippen molar-refractivity contribution in [1.29, 1.82) is 0 Å². The van der Waals surface area contributed by atoms with Gasteiger partial charge < -0.3 is 10.7 Å². The molecule has 2 heterocycles. The minimum Gasteiger partial charge on any atom is -0.369 e. The van der Waals surface area contributed by atoms with E-state index in [1.54, 1.807) is 12.3 Å². The van der Waals surface area contributed by atoms with Crippen molar-refractivity contribution in [2.24, 2.45) is 0 Å². The van der Waals surface area contributed by atoms with Crippen LogP contribution in [0, 0.1) is 0 Å². The number of rotatable bonds is 1. The Morgan fingerprint density at radius 3 is 2.71 bits per heavy atom. The van der Waals surface area contributed by atoms with Crippen LogP contribution in [0.25, 0.3) is 11.3 Å². The third kappa shape index (κ3) is 1.64. The van der Waals surface area contributed by atoms with Gasteiger partial charge in [-0.15, -0.1) is 10.2 Å². The average Bonchev–Trinajstić information content (AvgIpc) is 2.56. The molecule has 0 unspecified atom stereocenters. The average molecular weight is 230 g/mol. The van der Waals surface area contributed by atoms with E-state index in [1.165, 1.54) is 0 Å². The van der Waals surface area contributed by atoms with E-state index < -0.39 is 0 Å². The second-order valence-corrected chi connectivity index (χ2v) is 3.30. The lowest BCUT2D eigenvalue weighted by atomic mass is 10.2. The SMILES string of the molecule is Nc1ncc(-c2cc(Cl)nnc2Cl)[nH]1. The van der Waals surface area contributed by atoms with E-state index in [0.29, 0.717) is 17.2 Å². The fourth-order valence-electron chi connectivity index (χ4n) is 1.02. The van der Waals surface area contributed by atoms with Crippen LogP contribution in [-0.2, 0) is 0 Å². The number of aromatic nitrogens is 4. The molecule has 0 aromatic carbocycles. The molecule has 3 N–H and O–H groups in total. The number of nitrogen functional groups attached to an aromatic ring is 1. The first-order chi connectivity index (χ1) is 6.66. The predicted octanol–water partition coefficient (Wildman–Crippen LogP) is 1.76. The molecule has 0 aliphatic heterocycles. The van der Waals surface area contributed by atoms with Crippen LogP contribution in [0.15, 0.2) is 12.3 Å². The lowest BCUT2D eigenvalue weighted by Gasteiger charge is -1.98. The maximum Gasteiger partial charge on any atom is 0.197 e. The zero-order chi connectivity index (χ0) is 10.1. The van der Waals surface area contributed by atoms with Crippen molar-refractivity contribution in [2.45, 2.75) is 0 Å². The molecule has 0 aliphatic carbocycles. The van der Waals surface area contributed by atoms with E-state index in [4.69, 9.17) is 28.9 Å². The molecule has 0 bridgehead atoms. The summed E-state index contributed by atoms with van der Waals surface area (Å²) in [5.74, 6) is 0.309. The minimum absolute atomic E-state index is 0.248. The highest BCUT2D eigenvalue weighted by molar-refractivity contribution is 6.33. The van der Waals surface area contributed by atoms with E-state index in [-0.39, 0.29) is 10.3 Å². The van der Waals surface area contributed by atoms with E-state index in [2.05, 4.69) is 20.2 Å². The highest BCUT2D eigenvalue weighted by atomic mass is 35.5. The highest BCUT2D eigenvalue weighted by Crippen LogP contribution is 2.26. The molecule has 72 valence electrons. The van der Waals surface area contributed by atoms with Crippen LogP contribution in [0.3, 0.4) is 0 Å². The molecule has 0 aliphatic rings. The lowest BCUT2D eigenvalue weighted by molar-refractivity contribution is 1.03. The smallest absolute Gasteiger partial charge is 0.197 e. The Morgan fingerprint density at radius 2 is 2.07 bits per heavy atom. The molecule has 0 saturated carbocycles. The Morgan fingerprint density at radius 1 is 1.29 bits per heavy atom. The lowest BCUT2D eigenvalue weighted by Crippen LogP contribution is -1.89. The molecule has 0 spiro atoms. The van der Waals surface area contributed by atoms with E-state index in [9.17, 15) is 0 Å². The van der Waals surface area contributed by atoms with Gasteiger partial charge in [0.05, 0.1) is 11.9 Å². The normalized spacial score (nSPS) is 10.4. The summed E-state index contributed by atoms with van der Waals surface area (Å²) in [6, 6.07) is 1.59. The fraction of sp³-hybridized carbons (Fsp3) is 0. The molecule has 14 heavy (non-hydrogen) atoms. The molecule has 0 atom stereocenters. The Bertz CT molecular complexity index is 467. The number of nitrogens with one attached hydrogen (secondary N) is 1. The van der Waals surface area contributed by atoms with Gasteiger partial charge in [-0.3, -0.25) is 0 Å². The Labute approximate surface area is 89.3 Å². The molecular formula is C7H5Cl2N5. The molecule has 2 rings (SSSR count). The summed E-state index contributed by atoms with van der Waals surface area (Å²) < 4.78 is 0. The van der Waals surface area contributed by atoms with Crippen LogP contribution in [0.5, 0.6) is 0 Å². The third-order valence-electron chi connectivity index (χ3n) is 1.60. The number of imidazole rings is 1. The predicted molar refractivity (Wildman–Crippen MR) is 54.0 cm³/mol. The molecular weight excluding hydrogens is 225 g/mol. The second kappa shape index (κ2) is 3.43. The van der Waals surface area contributed by atoms with Crippen LogP contribution in [0.2, 0.25) is 10.3 Å². The van der Waals surface area contributed by atoms with Gasteiger partial charge in [0.2, 0.25) is 0 Å². The van der Waals surface area contributed by atoms with E-state index in [0.717, 1.165) is 0 Å². The molecule has 7 heteroatoms. The maximum atomic E-state index is 5.82. The quantitative estimate of drug-likeness (QED) is 0.781. The van der Waals surface area contributed by atoms with Gasteiger partial charge in [-0.2, -0.15) is 0 Å². The zero-order valence-corrected chi connectivity index (χ0v) is 8.34. The molecule has 0 radical (unpaired) electrons. The number of nitrogens with zero attached hydrogens (tertiary/aromatic N) is 3. The molecule has 0 amide bonds. The Balaban J connectivity index is 2.55. The largest absolute Gasteiger partial charge is 0.369 e. The number of hydrogen-bond donors (Lipinski definition) is 2. The van der Waals surface area contributed by atoms with Crippen molar-refractivity contribution in [3.8, 4) is 11.3 Å². The molecule has 2 aromatic heterocycles. The summed E-state index contributed by atoms with van der Waals surface area (Å²) >= 11 is 11.5. The van der Waals surface area contributed by atoms with Crippen molar-refractivity contribution in [3.63, 3.8) is 0 Å². The first kappa shape index (κ1) is 9.23. The standard InChI is InChI=1S/C7H5Cl2N5/c8-5-1-3(6(9)14-13-5)4-2-11-7(10)12-4/h1-2H,(H3,10,11,12). The molecule has 2 aromatic rings. The Kier molecular flexibility index (Phi) is 2.26. The topological polar surface area (TPSA) is 80.5 Å². The van der Waals surface area contributed by atoms with Crippen LogP contribution >= 0.6 is 23.2 Å². The second-order valence-electron chi connectivity index (χ2n) is 2.55. The molecule has 0 saturated heterocycles. The van der Waals surface area contributed by atoms with Gasteiger partial charge in [-0.25, -0.2) is 4.98 Å². The van der Waals surface area contributed by atoms with Gasteiger partial charge in [0.15, 0.2) is 16.3 Å². The van der Waals surface area contributed by atoms with Crippen LogP contribution in [0.1, 0.15) is 0 Å². The number of nitrogens with two attached hydrogens (primary N) is 1. The Hall–Kier alpha value is -1.33. The summed E-state index contributed by atoms with van der Waals surface area (Å²) in [5, 5.41) is 7.76. The number of anilines is 1. The van der Waals surface area contributed by atoms with Gasteiger partial charge in [0, 0.05) is 5.56 Å². The van der Waals surface area contributed by atoms with Crippen LogP contribution < -0.4 is 5.73 Å². The first-order valence-corrected chi connectivity index (χ1v) is 4.42. The van der Waals surface area contributed by atoms with Gasteiger partial charge in [0.25, 0.3) is 0 Å². The molecule has 0 fully saturated rings. The van der Waals surface area contributed by atoms with Gasteiger partial charge in [-0.1, -0.05) is 23.2 Å². The monoisotopic (exact) mass is 229 g/mol. The maximum absolute atomic E-state index is 5.82. The minimum atomic E-state index is 0.248. The summed E-state index contributed by atoms with van der Waals surface area (Å²) in [5.41, 5.74) is 6.70. The first-order valence-electron chi connectivity index (χ1n) is 3.66. The van der Waals surface area contributed by atoms with Crippen molar-refractivity contribution in [2.75, 3.05) is 5.73 Å². The summed E-state index contributed by atoms with van der Waals surface area (Å²) in [4.78, 5) is 6.65. The zero-order valence-electron chi connectivity index (χ0n) is 6.83. The number of hydrogen-bond acceptors (Lipinski definition) is 4. The molecule has 5 nitrogen and oxygen atoms in total. The number of aromatic amines is 1. The van der Waals surface area contributed by atoms with Gasteiger partial charge in [0.1, 0.15) is 0 Å². The third-order valence-corrected chi connectivity index (χ3v) is 2.07. The van der Waals surface area contributed by atoms with Crippen molar-refractivity contribution < 1.29 is 0 Å². The fourth-order valence-corrected chi connectivity index (χ4v) is 1.36. The number of halogens is 2. The van der Waals surface area contributed by atoms with Crippen molar-refractivity contribution in [1.82, 2.24) is 20.2 Å². The highest BCUT2D eigenvalue weighted by Gasteiger charge is 2.08. The van der Waals surface area contributed by atoms with Gasteiger partial charge >= 0.3 is 0 Å². The van der Waals surface area contributed by atoms with E-state index >= 15 is 0 Å². The summed E-state index contributed by atoms with van der Waals surface area (Å²) in [6.45, 7) is 0. The number of H-pyrrole nitrogens is 1.